The van der Waals surface area contributed by atoms with Gasteiger partial charge in [0.1, 0.15) is 11.6 Å². The van der Waals surface area contributed by atoms with Gasteiger partial charge in [0.05, 0.1) is 0 Å². The number of halogens is 1. The highest BCUT2D eigenvalue weighted by Crippen LogP contribution is 2.10. The summed E-state index contributed by atoms with van der Waals surface area (Å²) in [6.45, 7) is 3.34. The Morgan fingerprint density at radius 1 is 0.960 bits per heavy atom. The Kier molecular flexibility index (Phi) is 5.57. The van der Waals surface area contributed by atoms with Gasteiger partial charge in [0, 0.05) is 19.3 Å². The van der Waals surface area contributed by atoms with E-state index in [0.717, 1.165) is 5.82 Å². The Hall–Kier alpha value is -2.95. The largest absolute Gasteiger partial charge is 0.366 e. The molecule has 0 bridgehead atoms. The minimum atomic E-state index is -0.182. The standard InChI is InChI=1S/C20H21FN4/c1-15-6-8-16(9-7-15)14-24-19-11-13-23-20(25-19)22-12-10-17-4-2-3-5-18(17)21/h2-9,11,13H,10,12,14H2,1H3,(H2,22,23,24,25). The molecule has 4 nitrogen and oxygen atoms in total. The fourth-order valence-electron chi connectivity index (χ4n) is 2.45. The van der Waals surface area contributed by atoms with Crippen molar-refractivity contribution in [2.24, 2.45) is 0 Å². The van der Waals surface area contributed by atoms with Gasteiger partial charge in [-0.3, -0.25) is 0 Å². The van der Waals surface area contributed by atoms with Gasteiger partial charge in [0.15, 0.2) is 0 Å². The van der Waals surface area contributed by atoms with Crippen LogP contribution in [0.5, 0.6) is 0 Å². The number of nitrogens with one attached hydrogen (secondary N) is 2. The van der Waals surface area contributed by atoms with Crippen molar-refractivity contribution in [3.63, 3.8) is 0 Å². The lowest BCUT2D eigenvalue weighted by molar-refractivity contribution is 0.610. The van der Waals surface area contributed by atoms with Gasteiger partial charge in [-0.15, -0.1) is 0 Å². The molecule has 0 fully saturated rings. The lowest BCUT2D eigenvalue weighted by Gasteiger charge is -2.09. The Bertz CT molecular complexity index is 818. The highest BCUT2D eigenvalue weighted by molar-refractivity contribution is 5.40. The zero-order valence-electron chi connectivity index (χ0n) is 14.2. The maximum Gasteiger partial charge on any atom is 0.224 e. The molecule has 2 N–H and O–H groups in total. The van der Waals surface area contributed by atoms with E-state index in [1.807, 2.05) is 12.1 Å². The second-order valence-electron chi connectivity index (χ2n) is 5.87. The highest BCUT2D eigenvalue weighted by atomic mass is 19.1. The molecule has 0 radical (unpaired) electrons. The fourth-order valence-corrected chi connectivity index (χ4v) is 2.45. The molecule has 128 valence electrons. The van der Waals surface area contributed by atoms with Crippen molar-refractivity contribution in [3.8, 4) is 0 Å². The van der Waals surface area contributed by atoms with Gasteiger partial charge in [0.25, 0.3) is 0 Å². The molecule has 0 saturated heterocycles. The summed E-state index contributed by atoms with van der Waals surface area (Å²) in [6.07, 6.45) is 2.28. The quantitative estimate of drug-likeness (QED) is 0.679. The smallest absolute Gasteiger partial charge is 0.224 e. The molecule has 0 unspecified atom stereocenters. The van der Waals surface area contributed by atoms with Crippen LogP contribution in [0, 0.1) is 12.7 Å². The molecular formula is C20H21FN4. The molecule has 1 aromatic heterocycles. The van der Waals surface area contributed by atoms with Crippen molar-refractivity contribution in [2.45, 2.75) is 19.9 Å². The van der Waals surface area contributed by atoms with E-state index in [1.54, 1.807) is 18.3 Å². The number of rotatable bonds is 7. The third-order valence-electron chi connectivity index (χ3n) is 3.89. The normalized spacial score (nSPS) is 10.5. The zero-order chi connectivity index (χ0) is 17.5. The Balaban J connectivity index is 1.52. The van der Waals surface area contributed by atoms with Crippen LogP contribution in [0.2, 0.25) is 0 Å². The van der Waals surface area contributed by atoms with Gasteiger partial charge in [-0.25, -0.2) is 9.37 Å². The van der Waals surface area contributed by atoms with Crippen LogP contribution in [0.25, 0.3) is 0 Å². The molecule has 0 saturated carbocycles. The second-order valence-corrected chi connectivity index (χ2v) is 5.87. The number of benzene rings is 2. The minimum Gasteiger partial charge on any atom is -0.366 e. The topological polar surface area (TPSA) is 49.8 Å². The predicted octanol–water partition coefficient (Wildman–Crippen LogP) is 4.19. The Labute approximate surface area is 147 Å². The summed E-state index contributed by atoms with van der Waals surface area (Å²) in [5.41, 5.74) is 3.12. The summed E-state index contributed by atoms with van der Waals surface area (Å²) in [4.78, 5) is 8.64. The number of hydrogen-bond donors (Lipinski definition) is 2. The van der Waals surface area contributed by atoms with Crippen molar-refractivity contribution in [1.82, 2.24) is 9.97 Å². The number of aromatic nitrogens is 2. The maximum absolute atomic E-state index is 13.6. The van der Waals surface area contributed by atoms with E-state index in [9.17, 15) is 4.39 Å². The first-order chi connectivity index (χ1) is 12.2. The van der Waals surface area contributed by atoms with E-state index in [0.29, 0.717) is 31.0 Å². The Morgan fingerprint density at radius 3 is 2.56 bits per heavy atom. The number of aryl methyl sites for hydroxylation is 1. The van der Waals surface area contributed by atoms with E-state index in [4.69, 9.17) is 0 Å². The lowest BCUT2D eigenvalue weighted by atomic mass is 10.1. The van der Waals surface area contributed by atoms with Crippen LogP contribution in [0.1, 0.15) is 16.7 Å². The highest BCUT2D eigenvalue weighted by Gasteiger charge is 2.02. The van der Waals surface area contributed by atoms with Gasteiger partial charge in [0.2, 0.25) is 5.95 Å². The van der Waals surface area contributed by atoms with Crippen molar-refractivity contribution in [1.29, 1.82) is 0 Å². The van der Waals surface area contributed by atoms with Crippen LogP contribution >= 0.6 is 0 Å². The Morgan fingerprint density at radius 2 is 1.76 bits per heavy atom. The van der Waals surface area contributed by atoms with Crippen LogP contribution in [-0.2, 0) is 13.0 Å². The summed E-state index contributed by atoms with van der Waals surface area (Å²) in [5, 5.41) is 6.42. The van der Waals surface area contributed by atoms with Crippen molar-refractivity contribution in [3.05, 3.63) is 83.3 Å². The van der Waals surface area contributed by atoms with Crippen LogP contribution in [0.4, 0.5) is 16.2 Å². The molecular weight excluding hydrogens is 315 g/mol. The lowest BCUT2D eigenvalue weighted by Crippen LogP contribution is -2.10. The van der Waals surface area contributed by atoms with Gasteiger partial charge in [-0.05, 0) is 36.6 Å². The molecule has 25 heavy (non-hydrogen) atoms. The number of nitrogens with zero attached hydrogens (tertiary/aromatic N) is 2. The summed E-state index contributed by atoms with van der Waals surface area (Å²) in [6, 6.07) is 17.0. The molecule has 0 atom stereocenters. The molecule has 3 rings (SSSR count). The van der Waals surface area contributed by atoms with Crippen LogP contribution in [0.3, 0.4) is 0 Å². The van der Waals surface area contributed by atoms with Crippen molar-refractivity contribution < 1.29 is 4.39 Å². The van der Waals surface area contributed by atoms with Gasteiger partial charge in [-0.2, -0.15) is 4.98 Å². The first-order valence-electron chi connectivity index (χ1n) is 8.30. The van der Waals surface area contributed by atoms with Crippen LogP contribution in [0.15, 0.2) is 60.8 Å². The molecule has 1 heterocycles. The summed E-state index contributed by atoms with van der Waals surface area (Å²) in [5.74, 6) is 1.10. The zero-order valence-corrected chi connectivity index (χ0v) is 14.2. The summed E-state index contributed by atoms with van der Waals surface area (Å²) in [7, 11) is 0. The minimum absolute atomic E-state index is 0.182. The summed E-state index contributed by atoms with van der Waals surface area (Å²) >= 11 is 0. The molecule has 0 amide bonds. The molecule has 2 aromatic carbocycles. The van der Waals surface area contributed by atoms with Crippen LogP contribution < -0.4 is 10.6 Å². The van der Waals surface area contributed by atoms with Crippen LogP contribution in [-0.4, -0.2) is 16.5 Å². The average Bonchev–Trinajstić information content (AvgIpc) is 2.63. The molecule has 3 aromatic rings. The third-order valence-corrected chi connectivity index (χ3v) is 3.89. The monoisotopic (exact) mass is 336 g/mol. The van der Waals surface area contributed by atoms with Crippen molar-refractivity contribution in [2.75, 3.05) is 17.2 Å². The fraction of sp³-hybridized carbons (Fsp3) is 0.200. The van der Waals surface area contributed by atoms with E-state index in [-0.39, 0.29) is 5.82 Å². The van der Waals surface area contributed by atoms with E-state index >= 15 is 0 Å². The van der Waals surface area contributed by atoms with Gasteiger partial charge < -0.3 is 10.6 Å². The summed E-state index contributed by atoms with van der Waals surface area (Å²) < 4.78 is 13.6. The van der Waals surface area contributed by atoms with Gasteiger partial charge >= 0.3 is 0 Å². The van der Waals surface area contributed by atoms with E-state index in [1.165, 1.54) is 17.2 Å². The SMILES string of the molecule is Cc1ccc(CNc2ccnc(NCCc3ccccc3F)n2)cc1. The van der Waals surface area contributed by atoms with Gasteiger partial charge in [-0.1, -0.05) is 48.0 Å². The molecule has 0 aliphatic heterocycles. The third kappa shape index (κ3) is 5.01. The first-order valence-corrected chi connectivity index (χ1v) is 8.30. The second kappa shape index (κ2) is 8.24. The molecule has 0 spiro atoms. The average molecular weight is 336 g/mol. The van der Waals surface area contributed by atoms with E-state index in [2.05, 4.69) is 51.8 Å². The molecule has 0 aliphatic carbocycles. The number of anilines is 2. The molecule has 0 aliphatic rings. The van der Waals surface area contributed by atoms with Crippen molar-refractivity contribution >= 4 is 11.8 Å². The predicted molar refractivity (Wildman–Crippen MR) is 99.1 cm³/mol. The number of hydrogen-bond acceptors (Lipinski definition) is 4. The maximum atomic E-state index is 13.6. The molecule has 5 heteroatoms. The van der Waals surface area contributed by atoms with E-state index < -0.39 is 0 Å². The first kappa shape index (κ1) is 16.9.